The minimum absolute atomic E-state index is 0.775. The van der Waals surface area contributed by atoms with Gasteiger partial charge in [0, 0.05) is 0 Å². The molecule has 0 aromatic carbocycles. The highest BCUT2D eigenvalue weighted by Gasteiger charge is 2.47. The minimum atomic E-state index is -1.79. The third-order valence-corrected chi connectivity index (χ3v) is 2.54. The molecule has 1 fully saturated rings. The Balaban J connectivity index is 2.73. The molecule has 1 rings (SSSR count). The van der Waals surface area contributed by atoms with Crippen LogP contribution in [0.3, 0.4) is 0 Å². The van der Waals surface area contributed by atoms with Crippen LogP contribution in [-0.4, -0.2) is 85.3 Å². The van der Waals surface area contributed by atoms with Crippen molar-refractivity contribution in [3.63, 3.8) is 0 Å². The molecule has 0 amide bonds. The van der Waals surface area contributed by atoms with Crippen molar-refractivity contribution in [2.45, 2.75) is 42.9 Å². The molecule has 7 N–H and O–H groups in total. The number of rotatable bonds is 3. The summed E-state index contributed by atoms with van der Waals surface area (Å²) in [5.41, 5.74) is 0. The van der Waals surface area contributed by atoms with Gasteiger partial charge in [-0.25, -0.2) is 0 Å². The average molecular weight is 240 g/mol. The smallest absolute Gasteiger partial charge is 0.184 e. The summed E-state index contributed by atoms with van der Waals surface area (Å²) >= 11 is 0. The van der Waals surface area contributed by atoms with Gasteiger partial charge in [0.2, 0.25) is 0 Å². The first kappa shape index (κ1) is 13.7. The molecule has 1 saturated heterocycles. The molecule has 8 nitrogen and oxygen atoms in total. The number of aliphatic hydroxyl groups is 7. The van der Waals surface area contributed by atoms with Crippen LogP contribution in [0.25, 0.3) is 0 Å². The van der Waals surface area contributed by atoms with E-state index >= 15 is 0 Å². The Hall–Kier alpha value is -0.320. The van der Waals surface area contributed by atoms with Crippen LogP contribution in [0.5, 0.6) is 0 Å². The van der Waals surface area contributed by atoms with E-state index in [-0.39, 0.29) is 0 Å². The zero-order valence-corrected chi connectivity index (χ0v) is 8.29. The molecule has 0 saturated carbocycles. The van der Waals surface area contributed by atoms with Crippen molar-refractivity contribution >= 4 is 0 Å². The fourth-order valence-corrected chi connectivity index (χ4v) is 1.50. The Morgan fingerprint density at radius 1 is 0.938 bits per heavy atom. The lowest BCUT2D eigenvalue weighted by atomic mass is 9.93. The van der Waals surface area contributed by atoms with E-state index in [1.165, 1.54) is 0 Å². The molecule has 0 spiro atoms. The van der Waals surface area contributed by atoms with Crippen molar-refractivity contribution in [3.8, 4) is 0 Å². The lowest BCUT2D eigenvalue weighted by Crippen LogP contribution is -2.62. The molecule has 0 aromatic rings. The van der Waals surface area contributed by atoms with Crippen molar-refractivity contribution in [1.82, 2.24) is 0 Å². The SMILES string of the molecule is OC[C@@H](O)[C@@H](O)[C@H]1O[C@@H](O)[C@@H](O)[C@@H](O)[C@H]1O. The molecule has 0 radical (unpaired) electrons. The van der Waals surface area contributed by atoms with Gasteiger partial charge in [-0.1, -0.05) is 0 Å². The van der Waals surface area contributed by atoms with Crippen LogP contribution in [0, 0.1) is 0 Å². The second kappa shape index (κ2) is 5.34. The highest BCUT2D eigenvalue weighted by atomic mass is 16.6. The summed E-state index contributed by atoms with van der Waals surface area (Å²) in [6.07, 6.45) is -11.7. The Kier molecular flexibility index (Phi) is 4.59. The molecule has 0 aliphatic carbocycles. The van der Waals surface area contributed by atoms with Gasteiger partial charge in [-0.2, -0.15) is 0 Å². The monoisotopic (exact) mass is 240 g/mol. The van der Waals surface area contributed by atoms with E-state index in [4.69, 9.17) is 20.4 Å². The first-order valence-corrected chi connectivity index (χ1v) is 4.75. The first-order valence-electron chi connectivity index (χ1n) is 4.75. The van der Waals surface area contributed by atoms with Crippen LogP contribution in [0.2, 0.25) is 0 Å². The van der Waals surface area contributed by atoms with Gasteiger partial charge >= 0.3 is 0 Å². The zero-order chi connectivity index (χ0) is 12.5. The Morgan fingerprint density at radius 3 is 2.00 bits per heavy atom. The largest absolute Gasteiger partial charge is 0.394 e. The molecule has 0 bridgehead atoms. The Morgan fingerprint density at radius 2 is 1.50 bits per heavy atom. The molecular formula is C8H16O8. The fraction of sp³-hybridized carbons (Fsp3) is 1.00. The highest BCUT2D eigenvalue weighted by molar-refractivity contribution is 4.93. The molecule has 1 aliphatic heterocycles. The third-order valence-electron chi connectivity index (χ3n) is 2.54. The predicted molar refractivity (Wildman–Crippen MR) is 48.0 cm³/mol. The van der Waals surface area contributed by atoms with Crippen molar-refractivity contribution in [3.05, 3.63) is 0 Å². The summed E-state index contributed by atoms with van der Waals surface area (Å²) < 4.78 is 4.64. The molecule has 8 heteroatoms. The lowest BCUT2D eigenvalue weighted by molar-refractivity contribution is -0.303. The van der Waals surface area contributed by atoms with E-state index in [0.717, 1.165) is 0 Å². The molecule has 16 heavy (non-hydrogen) atoms. The lowest BCUT2D eigenvalue weighted by Gasteiger charge is -2.40. The van der Waals surface area contributed by atoms with Crippen LogP contribution < -0.4 is 0 Å². The van der Waals surface area contributed by atoms with Gasteiger partial charge in [-0.3, -0.25) is 0 Å². The van der Waals surface area contributed by atoms with Gasteiger partial charge in [0.15, 0.2) is 6.29 Å². The fourth-order valence-electron chi connectivity index (χ4n) is 1.50. The van der Waals surface area contributed by atoms with E-state index in [0.29, 0.717) is 0 Å². The quantitative estimate of drug-likeness (QED) is 0.261. The number of hydrogen-bond acceptors (Lipinski definition) is 8. The molecule has 96 valence electrons. The molecular weight excluding hydrogens is 224 g/mol. The van der Waals surface area contributed by atoms with Gasteiger partial charge in [-0.05, 0) is 0 Å². The number of ether oxygens (including phenoxy) is 1. The predicted octanol–water partition coefficient (Wildman–Crippen LogP) is -4.50. The van der Waals surface area contributed by atoms with Crippen LogP contribution in [0.4, 0.5) is 0 Å². The maximum atomic E-state index is 9.44. The minimum Gasteiger partial charge on any atom is -0.394 e. The average Bonchev–Trinajstić information content (AvgIpc) is 2.29. The van der Waals surface area contributed by atoms with E-state index in [2.05, 4.69) is 4.74 Å². The third kappa shape index (κ3) is 2.50. The molecule has 0 aromatic heterocycles. The molecule has 1 aliphatic rings. The van der Waals surface area contributed by atoms with Crippen LogP contribution >= 0.6 is 0 Å². The van der Waals surface area contributed by atoms with Gasteiger partial charge < -0.3 is 40.5 Å². The summed E-state index contributed by atoms with van der Waals surface area (Å²) in [4.78, 5) is 0. The van der Waals surface area contributed by atoms with Gasteiger partial charge in [0.25, 0.3) is 0 Å². The summed E-state index contributed by atoms with van der Waals surface area (Å²) in [6.45, 7) is -0.775. The van der Waals surface area contributed by atoms with Crippen LogP contribution in [0.15, 0.2) is 0 Å². The van der Waals surface area contributed by atoms with Gasteiger partial charge in [-0.15, -0.1) is 0 Å². The molecule has 7 atom stereocenters. The van der Waals surface area contributed by atoms with Crippen molar-refractivity contribution < 1.29 is 40.5 Å². The maximum Gasteiger partial charge on any atom is 0.184 e. The van der Waals surface area contributed by atoms with Crippen molar-refractivity contribution in [1.29, 1.82) is 0 Å². The molecule has 0 unspecified atom stereocenters. The maximum absolute atomic E-state index is 9.44. The van der Waals surface area contributed by atoms with Crippen molar-refractivity contribution in [2.75, 3.05) is 6.61 Å². The second-order valence-corrected chi connectivity index (χ2v) is 3.70. The van der Waals surface area contributed by atoms with Crippen molar-refractivity contribution in [2.24, 2.45) is 0 Å². The summed E-state index contributed by atoms with van der Waals surface area (Å²) in [5.74, 6) is 0. The van der Waals surface area contributed by atoms with E-state index in [1.807, 2.05) is 0 Å². The van der Waals surface area contributed by atoms with E-state index in [9.17, 15) is 15.3 Å². The van der Waals surface area contributed by atoms with Gasteiger partial charge in [0.05, 0.1) is 6.61 Å². The number of aliphatic hydroxyl groups excluding tert-OH is 7. The summed E-state index contributed by atoms with van der Waals surface area (Å²) in [5, 5.41) is 64.1. The van der Waals surface area contributed by atoms with Crippen LogP contribution in [0.1, 0.15) is 0 Å². The van der Waals surface area contributed by atoms with Crippen LogP contribution in [-0.2, 0) is 4.74 Å². The zero-order valence-electron chi connectivity index (χ0n) is 8.29. The molecule has 1 heterocycles. The Labute approximate surface area is 91.0 Å². The number of hydrogen-bond donors (Lipinski definition) is 7. The normalized spacial score (nSPS) is 44.1. The highest BCUT2D eigenvalue weighted by Crippen LogP contribution is 2.23. The first-order chi connectivity index (χ1) is 7.40. The standard InChI is InChI=1S/C8H16O8/c9-1-2(10)3(11)7-5(13)4(12)6(14)8(15)16-7/h2-15H,1H2/t2-,3-,4+,5-,6+,7-,8-/m1/s1. The topological polar surface area (TPSA) is 151 Å². The van der Waals surface area contributed by atoms with E-state index < -0.39 is 49.5 Å². The van der Waals surface area contributed by atoms with Gasteiger partial charge in [0.1, 0.15) is 36.6 Å². The van der Waals surface area contributed by atoms with E-state index in [1.54, 1.807) is 0 Å². The second-order valence-electron chi connectivity index (χ2n) is 3.70. The summed E-state index contributed by atoms with van der Waals surface area (Å²) in [6, 6.07) is 0. The summed E-state index contributed by atoms with van der Waals surface area (Å²) in [7, 11) is 0. The Bertz CT molecular complexity index is 220.